The van der Waals surface area contributed by atoms with Gasteiger partial charge in [0.15, 0.2) is 3.79 Å². The van der Waals surface area contributed by atoms with E-state index in [0.29, 0.717) is 19.3 Å². The molecule has 0 fully saturated rings. The predicted molar refractivity (Wildman–Crippen MR) is 52.8 cm³/mol. The molecule has 0 amide bonds. The van der Waals surface area contributed by atoms with Crippen LogP contribution in [0.2, 0.25) is 0 Å². The van der Waals surface area contributed by atoms with Crippen LogP contribution in [0.5, 0.6) is 0 Å². The average Bonchev–Trinajstić information content (AvgIpc) is 1.83. The molecule has 0 saturated heterocycles. The van der Waals surface area contributed by atoms with Gasteiger partial charge >= 0.3 is 0 Å². The number of rotatable bonds is 4. The van der Waals surface area contributed by atoms with Gasteiger partial charge in [0.05, 0.1) is 6.67 Å². The van der Waals surface area contributed by atoms with Crippen LogP contribution in [0.1, 0.15) is 19.3 Å². The molecule has 0 N–H and O–H groups in total. The van der Waals surface area contributed by atoms with Crippen LogP contribution in [0.3, 0.4) is 0 Å². The molecule has 0 rings (SSSR count). The third-order valence-electron chi connectivity index (χ3n) is 1.16. The van der Waals surface area contributed by atoms with Crippen molar-refractivity contribution >= 4 is 50.7 Å². The van der Waals surface area contributed by atoms with E-state index in [0.717, 1.165) is 0 Å². The molecule has 0 spiro atoms. The lowest BCUT2D eigenvalue weighted by molar-refractivity contribution is 0.461. The summed E-state index contributed by atoms with van der Waals surface area (Å²) in [5, 5.41) is 0. The van der Waals surface area contributed by atoms with Crippen molar-refractivity contribution in [1.82, 2.24) is 0 Å². The summed E-state index contributed by atoms with van der Waals surface area (Å²) in [6.45, 7) is -0.338. The van der Waals surface area contributed by atoms with E-state index in [2.05, 4.69) is 15.9 Å². The molecule has 0 saturated carbocycles. The summed E-state index contributed by atoms with van der Waals surface area (Å²) in [6.07, 6.45) is 1.61. The second-order valence-electron chi connectivity index (χ2n) is 2.23. The van der Waals surface area contributed by atoms with Gasteiger partial charge in [-0.15, -0.1) is 0 Å². The van der Waals surface area contributed by atoms with E-state index in [9.17, 15) is 4.39 Å². The molecule has 0 aromatic rings. The lowest BCUT2D eigenvalue weighted by atomic mass is 10.2. The van der Waals surface area contributed by atoms with Gasteiger partial charge in [0, 0.05) is 4.83 Å². The third kappa shape index (κ3) is 9.19. The summed E-state index contributed by atoms with van der Waals surface area (Å²) in [5.41, 5.74) is 0. The Bertz CT molecular complexity index is 104. The van der Waals surface area contributed by atoms with Crippen LogP contribution in [0, 0.1) is 0 Å². The Morgan fingerprint density at radius 3 is 2.18 bits per heavy atom. The largest absolute Gasteiger partial charge is 0.251 e. The minimum absolute atomic E-state index is 0.114. The van der Waals surface area contributed by atoms with E-state index in [1.54, 1.807) is 0 Å². The summed E-state index contributed by atoms with van der Waals surface area (Å²) in [7, 11) is 0. The molecule has 0 aromatic heterocycles. The normalized spacial score (nSPS) is 15.0. The van der Waals surface area contributed by atoms with E-state index < -0.39 is 3.79 Å². The maximum absolute atomic E-state index is 11.7. The lowest BCUT2D eigenvalue weighted by Gasteiger charge is -2.12. The molecular formula is C6H9BrCl3F. The zero-order chi connectivity index (χ0) is 8.91. The molecule has 0 heterocycles. The molecule has 0 bridgehead atoms. The van der Waals surface area contributed by atoms with Gasteiger partial charge in [-0.1, -0.05) is 50.7 Å². The van der Waals surface area contributed by atoms with E-state index in [1.165, 1.54) is 0 Å². The van der Waals surface area contributed by atoms with Gasteiger partial charge in [-0.25, -0.2) is 0 Å². The minimum Gasteiger partial charge on any atom is -0.251 e. The predicted octanol–water partition coefficient (Wildman–Crippen LogP) is 4.26. The van der Waals surface area contributed by atoms with E-state index in [-0.39, 0.29) is 11.5 Å². The highest BCUT2D eigenvalue weighted by atomic mass is 79.9. The maximum Gasteiger partial charge on any atom is 0.190 e. The first kappa shape index (κ1) is 12.3. The summed E-state index contributed by atoms with van der Waals surface area (Å²) < 4.78 is 10.5. The number of alkyl halides is 5. The van der Waals surface area contributed by atoms with Crippen LogP contribution in [0.4, 0.5) is 4.39 Å². The summed E-state index contributed by atoms with van der Waals surface area (Å²) in [6, 6.07) is 0. The summed E-state index contributed by atoms with van der Waals surface area (Å²) in [5.74, 6) is 0. The van der Waals surface area contributed by atoms with E-state index in [4.69, 9.17) is 34.8 Å². The van der Waals surface area contributed by atoms with Crippen molar-refractivity contribution in [2.24, 2.45) is 0 Å². The van der Waals surface area contributed by atoms with Crippen molar-refractivity contribution < 1.29 is 4.39 Å². The number of hydrogen-bond acceptors (Lipinski definition) is 0. The minimum atomic E-state index is -1.21. The molecule has 0 nitrogen and oxygen atoms in total. The highest BCUT2D eigenvalue weighted by Gasteiger charge is 2.20. The van der Waals surface area contributed by atoms with Crippen LogP contribution in [0.25, 0.3) is 0 Å². The van der Waals surface area contributed by atoms with Crippen molar-refractivity contribution in [2.75, 3.05) is 6.67 Å². The van der Waals surface area contributed by atoms with E-state index >= 15 is 0 Å². The zero-order valence-electron chi connectivity index (χ0n) is 5.80. The lowest BCUT2D eigenvalue weighted by Crippen LogP contribution is -2.07. The molecule has 0 aromatic carbocycles. The Hall–Kier alpha value is 1.28. The van der Waals surface area contributed by atoms with Gasteiger partial charge in [0.1, 0.15) is 0 Å². The molecule has 5 heteroatoms. The van der Waals surface area contributed by atoms with Gasteiger partial charge in [-0.05, 0) is 19.3 Å². The second kappa shape index (κ2) is 5.85. The van der Waals surface area contributed by atoms with Crippen LogP contribution < -0.4 is 0 Å². The second-order valence-corrected chi connectivity index (χ2v) is 6.04. The molecule has 0 aliphatic rings. The highest BCUT2D eigenvalue weighted by Crippen LogP contribution is 2.33. The van der Waals surface area contributed by atoms with E-state index in [1.807, 2.05) is 0 Å². The summed E-state index contributed by atoms with van der Waals surface area (Å²) in [4.78, 5) is 0.114. The Labute approximate surface area is 89.5 Å². The summed E-state index contributed by atoms with van der Waals surface area (Å²) >= 11 is 19.8. The number of halogens is 5. The standard InChI is InChI=1S/C6H9BrCl3F/c7-5(2-4-11)1-3-6(8,9)10/h5H,1-4H2. The monoisotopic (exact) mass is 284 g/mol. The van der Waals surface area contributed by atoms with Crippen LogP contribution in [0.15, 0.2) is 0 Å². The van der Waals surface area contributed by atoms with Gasteiger partial charge in [-0.2, -0.15) is 0 Å². The fraction of sp³-hybridized carbons (Fsp3) is 1.00. The molecule has 11 heavy (non-hydrogen) atoms. The van der Waals surface area contributed by atoms with Crippen LogP contribution in [-0.2, 0) is 0 Å². The van der Waals surface area contributed by atoms with Crippen molar-refractivity contribution in [3.8, 4) is 0 Å². The molecule has 1 unspecified atom stereocenters. The molecule has 0 aliphatic carbocycles. The Balaban J connectivity index is 3.38. The Morgan fingerprint density at radius 2 is 1.82 bits per heavy atom. The van der Waals surface area contributed by atoms with Gasteiger partial charge < -0.3 is 0 Å². The molecule has 68 valence electrons. The fourth-order valence-electron chi connectivity index (χ4n) is 0.583. The Kier molecular flexibility index (Phi) is 6.53. The van der Waals surface area contributed by atoms with Gasteiger partial charge in [0.2, 0.25) is 0 Å². The van der Waals surface area contributed by atoms with Crippen molar-refractivity contribution in [1.29, 1.82) is 0 Å². The zero-order valence-corrected chi connectivity index (χ0v) is 9.65. The van der Waals surface area contributed by atoms with Crippen molar-refractivity contribution in [2.45, 2.75) is 27.9 Å². The first-order chi connectivity index (χ1) is 4.95. The highest BCUT2D eigenvalue weighted by molar-refractivity contribution is 9.09. The molecule has 0 radical (unpaired) electrons. The Morgan fingerprint density at radius 1 is 1.27 bits per heavy atom. The first-order valence-corrected chi connectivity index (χ1v) is 5.27. The molecular weight excluding hydrogens is 277 g/mol. The molecule has 0 aliphatic heterocycles. The van der Waals surface area contributed by atoms with Crippen molar-refractivity contribution in [3.05, 3.63) is 0 Å². The third-order valence-corrected chi connectivity index (χ3v) is 2.65. The van der Waals surface area contributed by atoms with Crippen molar-refractivity contribution in [3.63, 3.8) is 0 Å². The smallest absolute Gasteiger partial charge is 0.190 e. The van der Waals surface area contributed by atoms with Crippen LogP contribution in [-0.4, -0.2) is 15.3 Å². The van der Waals surface area contributed by atoms with Gasteiger partial charge in [0.25, 0.3) is 0 Å². The van der Waals surface area contributed by atoms with Crippen LogP contribution >= 0.6 is 50.7 Å². The fourth-order valence-corrected chi connectivity index (χ4v) is 1.31. The molecule has 1 atom stereocenters. The van der Waals surface area contributed by atoms with Gasteiger partial charge in [-0.3, -0.25) is 4.39 Å². The SMILES string of the molecule is FCCC(Br)CCC(Cl)(Cl)Cl. The average molecular weight is 286 g/mol. The maximum atomic E-state index is 11.7. The topological polar surface area (TPSA) is 0 Å². The first-order valence-electron chi connectivity index (χ1n) is 3.22. The number of hydrogen-bond donors (Lipinski definition) is 0. The quantitative estimate of drug-likeness (QED) is 0.677.